The molecule has 0 aromatic rings. The summed E-state index contributed by atoms with van der Waals surface area (Å²) in [6.45, 7) is 7.65. The van der Waals surface area contributed by atoms with Crippen molar-refractivity contribution in [3.8, 4) is 0 Å². The van der Waals surface area contributed by atoms with Crippen molar-refractivity contribution in [2.45, 2.75) is 26.8 Å². The highest BCUT2D eigenvalue weighted by Crippen LogP contribution is 1.98. The van der Waals surface area contributed by atoms with E-state index in [1.54, 1.807) is 7.05 Å². The zero-order valence-corrected chi connectivity index (χ0v) is 16.1. The molecule has 0 saturated carbocycles. The molecule has 0 aromatic carbocycles. The first-order valence-electron chi connectivity index (χ1n) is 6.49. The Morgan fingerprint density at radius 2 is 1.85 bits per heavy atom. The van der Waals surface area contributed by atoms with Gasteiger partial charge in [0.1, 0.15) is 9.84 Å². The van der Waals surface area contributed by atoms with Gasteiger partial charge in [-0.2, -0.15) is 0 Å². The van der Waals surface area contributed by atoms with E-state index in [9.17, 15) is 8.42 Å². The predicted octanol–water partition coefficient (Wildman–Crippen LogP) is 0.875. The summed E-state index contributed by atoms with van der Waals surface area (Å²) >= 11 is 0. The average molecular weight is 421 g/mol. The van der Waals surface area contributed by atoms with Crippen LogP contribution in [0.25, 0.3) is 0 Å². The fourth-order valence-electron chi connectivity index (χ4n) is 1.13. The molecular formula is C12H28IN3O3S. The first-order valence-corrected chi connectivity index (χ1v) is 8.55. The molecule has 1 atom stereocenters. The molecule has 2 N–H and O–H groups in total. The summed E-state index contributed by atoms with van der Waals surface area (Å²) in [5, 5.41) is 6.39. The lowest BCUT2D eigenvalue weighted by molar-refractivity contribution is 0.154. The highest BCUT2D eigenvalue weighted by Gasteiger charge is 2.08. The van der Waals surface area contributed by atoms with Crippen LogP contribution in [0, 0.1) is 5.92 Å². The second-order valence-corrected chi connectivity index (χ2v) is 7.18. The van der Waals surface area contributed by atoms with Crippen LogP contribution in [0.2, 0.25) is 0 Å². The van der Waals surface area contributed by atoms with Gasteiger partial charge in [-0.25, -0.2) is 8.42 Å². The van der Waals surface area contributed by atoms with E-state index in [2.05, 4.69) is 36.4 Å². The van der Waals surface area contributed by atoms with E-state index in [1.165, 1.54) is 6.26 Å². The van der Waals surface area contributed by atoms with Crippen LogP contribution in [0.4, 0.5) is 0 Å². The van der Waals surface area contributed by atoms with Crippen molar-refractivity contribution in [2.24, 2.45) is 10.9 Å². The van der Waals surface area contributed by atoms with Crippen molar-refractivity contribution in [1.29, 1.82) is 0 Å². The van der Waals surface area contributed by atoms with Gasteiger partial charge in [-0.05, 0) is 12.8 Å². The molecular weight excluding hydrogens is 393 g/mol. The molecule has 20 heavy (non-hydrogen) atoms. The minimum Gasteiger partial charge on any atom is -0.379 e. The summed E-state index contributed by atoms with van der Waals surface area (Å²) in [5.41, 5.74) is 0. The van der Waals surface area contributed by atoms with Crippen molar-refractivity contribution >= 4 is 39.8 Å². The minimum atomic E-state index is -2.94. The lowest BCUT2D eigenvalue weighted by Crippen LogP contribution is -2.45. The van der Waals surface area contributed by atoms with Gasteiger partial charge in [0.2, 0.25) is 0 Å². The van der Waals surface area contributed by atoms with Crippen LogP contribution < -0.4 is 10.6 Å². The Bertz CT molecular complexity index is 372. The van der Waals surface area contributed by atoms with Crippen LogP contribution in [-0.4, -0.2) is 59.2 Å². The molecule has 0 aliphatic carbocycles. The fraction of sp³-hybridized carbons (Fsp3) is 0.917. The van der Waals surface area contributed by atoms with Crippen LogP contribution in [0.1, 0.15) is 20.8 Å². The molecule has 8 heteroatoms. The Labute approximate surface area is 140 Å². The van der Waals surface area contributed by atoms with Gasteiger partial charge in [-0.1, -0.05) is 13.8 Å². The van der Waals surface area contributed by atoms with Crippen molar-refractivity contribution in [2.75, 3.05) is 38.8 Å². The second kappa shape index (κ2) is 11.6. The molecule has 6 nitrogen and oxygen atoms in total. The molecule has 1 unspecified atom stereocenters. The van der Waals surface area contributed by atoms with Gasteiger partial charge in [-0.3, -0.25) is 4.99 Å². The third-order valence-corrected chi connectivity index (χ3v) is 3.63. The molecule has 122 valence electrons. The van der Waals surface area contributed by atoms with E-state index in [0.29, 0.717) is 25.1 Å². The first kappa shape index (κ1) is 22.2. The molecule has 0 rings (SSSR count). The SMILES string of the molecule is CN=C(NCCOCCS(C)(=O)=O)NC(C)C(C)C.I. The number of hydrogen-bond acceptors (Lipinski definition) is 4. The molecule has 0 amide bonds. The summed E-state index contributed by atoms with van der Waals surface area (Å²) in [6, 6.07) is 0.331. The summed E-state index contributed by atoms with van der Waals surface area (Å²) in [4.78, 5) is 4.11. The standard InChI is InChI=1S/C12H27N3O3S.HI/c1-10(2)11(3)15-12(13-4)14-6-7-18-8-9-19(5,16)17;/h10-11H,6-9H2,1-5H3,(H2,13,14,15);1H. The van der Waals surface area contributed by atoms with Crippen LogP contribution in [0.3, 0.4) is 0 Å². The van der Waals surface area contributed by atoms with Gasteiger partial charge < -0.3 is 15.4 Å². The molecule has 0 saturated heterocycles. The number of nitrogens with zero attached hydrogens (tertiary/aromatic N) is 1. The van der Waals surface area contributed by atoms with Crippen molar-refractivity contribution in [1.82, 2.24) is 10.6 Å². The Morgan fingerprint density at radius 1 is 1.25 bits per heavy atom. The van der Waals surface area contributed by atoms with E-state index in [1.807, 2.05) is 0 Å². The van der Waals surface area contributed by atoms with Gasteiger partial charge in [0, 0.05) is 25.9 Å². The summed E-state index contributed by atoms with van der Waals surface area (Å²) < 4.78 is 27.0. The van der Waals surface area contributed by atoms with Crippen LogP contribution >= 0.6 is 24.0 Å². The second-order valence-electron chi connectivity index (χ2n) is 4.92. The zero-order valence-electron chi connectivity index (χ0n) is 13.0. The van der Waals surface area contributed by atoms with E-state index in [-0.39, 0.29) is 36.3 Å². The molecule has 0 spiro atoms. The van der Waals surface area contributed by atoms with Crippen molar-refractivity contribution in [3.05, 3.63) is 0 Å². The monoisotopic (exact) mass is 421 g/mol. The van der Waals surface area contributed by atoms with E-state index < -0.39 is 9.84 Å². The predicted molar refractivity (Wildman–Crippen MR) is 94.7 cm³/mol. The third-order valence-electron chi connectivity index (χ3n) is 2.73. The van der Waals surface area contributed by atoms with Gasteiger partial charge in [-0.15, -0.1) is 24.0 Å². The molecule has 0 aromatic heterocycles. The lowest BCUT2D eigenvalue weighted by atomic mass is 10.1. The number of hydrogen-bond donors (Lipinski definition) is 2. The number of sulfone groups is 1. The highest BCUT2D eigenvalue weighted by atomic mass is 127. The van der Waals surface area contributed by atoms with Crippen molar-refractivity contribution < 1.29 is 13.2 Å². The Kier molecular flexibility index (Phi) is 12.8. The number of nitrogens with one attached hydrogen (secondary N) is 2. The number of halogens is 1. The van der Waals surface area contributed by atoms with Gasteiger partial charge in [0.15, 0.2) is 5.96 Å². The van der Waals surface area contributed by atoms with Gasteiger partial charge in [0.05, 0.1) is 19.0 Å². The Morgan fingerprint density at radius 3 is 2.30 bits per heavy atom. The molecule has 0 heterocycles. The van der Waals surface area contributed by atoms with Crippen LogP contribution in [-0.2, 0) is 14.6 Å². The average Bonchev–Trinajstić information content (AvgIpc) is 2.30. The van der Waals surface area contributed by atoms with E-state index in [0.717, 1.165) is 5.96 Å². The van der Waals surface area contributed by atoms with E-state index in [4.69, 9.17) is 4.74 Å². The quantitative estimate of drug-likeness (QED) is 0.263. The maximum atomic E-state index is 10.9. The first-order chi connectivity index (χ1) is 8.76. The van der Waals surface area contributed by atoms with Crippen LogP contribution in [0.5, 0.6) is 0 Å². The number of ether oxygens (including phenoxy) is 1. The maximum Gasteiger partial charge on any atom is 0.191 e. The molecule has 0 fully saturated rings. The maximum absolute atomic E-state index is 10.9. The molecule has 0 aliphatic rings. The van der Waals surface area contributed by atoms with Crippen LogP contribution in [0.15, 0.2) is 4.99 Å². The number of rotatable bonds is 8. The highest BCUT2D eigenvalue weighted by molar-refractivity contribution is 14.0. The zero-order chi connectivity index (χ0) is 14.9. The normalized spacial score (nSPS) is 13.8. The van der Waals surface area contributed by atoms with Crippen molar-refractivity contribution in [3.63, 3.8) is 0 Å². The fourth-order valence-corrected chi connectivity index (χ4v) is 1.55. The summed E-state index contributed by atoms with van der Waals surface area (Å²) in [7, 11) is -1.22. The molecule has 0 bridgehead atoms. The lowest BCUT2D eigenvalue weighted by Gasteiger charge is -2.20. The number of guanidine groups is 1. The van der Waals surface area contributed by atoms with Gasteiger partial charge in [0.25, 0.3) is 0 Å². The summed E-state index contributed by atoms with van der Waals surface area (Å²) in [6.07, 6.45) is 1.20. The molecule has 0 radical (unpaired) electrons. The van der Waals surface area contributed by atoms with E-state index >= 15 is 0 Å². The Hall–Kier alpha value is -0.0900. The third kappa shape index (κ3) is 12.9. The Balaban J connectivity index is 0. The summed E-state index contributed by atoms with van der Waals surface area (Å²) in [5.74, 6) is 1.31. The van der Waals surface area contributed by atoms with Gasteiger partial charge >= 0.3 is 0 Å². The topological polar surface area (TPSA) is 79.8 Å². The number of aliphatic imine (C=N–C) groups is 1. The minimum absolute atomic E-state index is 0. The molecule has 0 aliphatic heterocycles. The smallest absolute Gasteiger partial charge is 0.191 e. The largest absolute Gasteiger partial charge is 0.379 e.